The largest absolute Gasteiger partial charge is 0.495 e. The number of hydrogen-bond acceptors (Lipinski definition) is 5. The molecule has 0 spiro atoms. The Balaban J connectivity index is 2.34. The number of carbonyl (C=O) groups is 1. The fraction of sp³-hybridized carbons (Fsp3) is 0.182. The summed E-state index contributed by atoms with van der Waals surface area (Å²) in [7, 11) is 2.82. The molecule has 0 saturated heterocycles. The Labute approximate surface area is 108 Å². The van der Waals surface area contributed by atoms with Crippen molar-refractivity contribution < 1.29 is 14.3 Å². The predicted octanol–water partition coefficient (Wildman–Crippen LogP) is 1.72. The third-order valence-corrected chi connectivity index (χ3v) is 2.58. The van der Waals surface area contributed by atoms with E-state index in [2.05, 4.69) is 15.0 Å². The van der Waals surface area contributed by atoms with Crippen LogP contribution in [-0.4, -0.2) is 35.2 Å². The van der Waals surface area contributed by atoms with Gasteiger partial charge in [-0.1, -0.05) is 16.8 Å². The van der Waals surface area contributed by atoms with Crippen molar-refractivity contribution in [2.45, 2.75) is 0 Å². The summed E-state index contributed by atoms with van der Waals surface area (Å²) in [6, 6.07) is 5.12. The average molecular weight is 268 g/mol. The molecular weight excluding hydrogens is 258 g/mol. The summed E-state index contributed by atoms with van der Waals surface area (Å²) < 4.78 is 11.0. The van der Waals surface area contributed by atoms with Gasteiger partial charge in [-0.25, -0.2) is 9.48 Å². The second kappa shape index (κ2) is 5.05. The third kappa shape index (κ3) is 2.28. The van der Waals surface area contributed by atoms with Crippen molar-refractivity contribution >= 4 is 17.6 Å². The van der Waals surface area contributed by atoms with E-state index in [1.807, 2.05) is 0 Å². The van der Waals surface area contributed by atoms with E-state index in [0.717, 1.165) is 0 Å². The van der Waals surface area contributed by atoms with Crippen LogP contribution in [0.5, 0.6) is 5.75 Å². The van der Waals surface area contributed by atoms with Crippen molar-refractivity contribution in [3.8, 4) is 11.4 Å². The van der Waals surface area contributed by atoms with Gasteiger partial charge in [0.05, 0.1) is 31.1 Å². The van der Waals surface area contributed by atoms with Gasteiger partial charge in [0.25, 0.3) is 0 Å². The molecule has 0 N–H and O–H groups in total. The highest BCUT2D eigenvalue weighted by Crippen LogP contribution is 2.26. The smallest absolute Gasteiger partial charge is 0.360 e. The van der Waals surface area contributed by atoms with Gasteiger partial charge < -0.3 is 9.47 Å². The molecule has 0 aliphatic rings. The molecule has 1 heterocycles. The van der Waals surface area contributed by atoms with E-state index < -0.39 is 5.97 Å². The highest BCUT2D eigenvalue weighted by atomic mass is 35.5. The number of ether oxygens (including phenoxy) is 2. The van der Waals surface area contributed by atoms with Gasteiger partial charge in [-0.2, -0.15) is 0 Å². The van der Waals surface area contributed by atoms with Crippen LogP contribution in [0.3, 0.4) is 0 Å². The van der Waals surface area contributed by atoms with Gasteiger partial charge in [0, 0.05) is 0 Å². The standard InChI is InChI=1S/C11H10ClN3O3/c1-17-10-4-3-7(5-8(10)12)15-6-9(13-14-15)11(16)18-2/h3-6H,1-2H3. The summed E-state index contributed by atoms with van der Waals surface area (Å²) in [5.74, 6) is 0.0228. The fourth-order valence-corrected chi connectivity index (χ4v) is 1.64. The molecule has 2 aromatic rings. The van der Waals surface area contributed by atoms with Crippen LogP contribution in [0.4, 0.5) is 0 Å². The number of esters is 1. The summed E-state index contributed by atoms with van der Waals surface area (Å²) in [4.78, 5) is 11.2. The maximum atomic E-state index is 11.2. The molecule has 0 atom stereocenters. The van der Waals surface area contributed by atoms with Crippen molar-refractivity contribution in [3.05, 3.63) is 35.1 Å². The lowest BCUT2D eigenvalue weighted by Gasteiger charge is -2.05. The Morgan fingerprint density at radius 3 is 2.78 bits per heavy atom. The van der Waals surface area contributed by atoms with Gasteiger partial charge in [0.1, 0.15) is 5.75 Å². The van der Waals surface area contributed by atoms with Gasteiger partial charge in [-0.3, -0.25) is 0 Å². The van der Waals surface area contributed by atoms with Crippen molar-refractivity contribution in [2.24, 2.45) is 0 Å². The van der Waals surface area contributed by atoms with E-state index >= 15 is 0 Å². The number of carbonyl (C=O) groups excluding carboxylic acids is 1. The molecule has 6 nitrogen and oxygen atoms in total. The molecule has 1 aromatic carbocycles. The number of methoxy groups -OCH3 is 2. The van der Waals surface area contributed by atoms with E-state index in [1.165, 1.54) is 25.1 Å². The molecular formula is C11H10ClN3O3. The van der Waals surface area contributed by atoms with Gasteiger partial charge in [-0.05, 0) is 18.2 Å². The van der Waals surface area contributed by atoms with Gasteiger partial charge in [0.2, 0.25) is 0 Å². The molecule has 0 aliphatic heterocycles. The van der Waals surface area contributed by atoms with E-state index in [1.54, 1.807) is 18.2 Å². The van der Waals surface area contributed by atoms with E-state index in [9.17, 15) is 4.79 Å². The first-order chi connectivity index (χ1) is 8.65. The lowest BCUT2D eigenvalue weighted by atomic mass is 10.3. The number of rotatable bonds is 3. The minimum absolute atomic E-state index is 0.129. The summed E-state index contributed by atoms with van der Waals surface area (Å²) in [5.41, 5.74) is 0.799. The van der Waals surface area contributed by atoms with Crippen LogP contribution in [0, 0.1) is 0 Å². The Morgan fingerprint density at radius 1 is 1.39 bits per heavy atom. The third-order valence-electron chi connectivity index (χ3n) is 2.29. The van der Waals surface area contributed by atoms with Crippen molar-refractivity contribution in [1.29, 1.82) is 0 Å². The molecule has 1 aromatic heterocycles. The lowest BCUT2D eigenvalue weighted by molar-refractivity contribution is 0.0594. The zero-order chi connectivity index (χ0) is 13.1. The SMILES string of the molecule is COC(=O)c1cn(-c2ccc(OC)c(Cl)c2)nn1. The Kier molecular flexibility index (Phi) is 3.47. The molecule has 2 rings (SSSR count). The van der Waals surface area contributed by atoms with Gasteiger partial charge in [-0.15, -0.1) is 5.10 Å². The van der Waals surface area contributed by atoms with Crippen molar-refractivity contribution in [2.75, 3.05) is 14.2 Å². The molecule has 18 heavy (non-hydrogen) atoms. The summed E-state index contributed by atoms with van der Waals surface area (Å²) in [5, 5.41) is 7.97. The number of nitrogens with zero attached hydrogens (tertiary/aromatic N) is 3. The topological polar surface area (TPSA) is 66.2 Å². The zero-order valence-electron chi connectivity index (χ0n) is 9.75. The molecule has 7 heteroatoms. The second-order valence-electron chi connectivity index (χ2n) is 3.36. The van der Waals surface area contributed by atoms with E-state index in [0.29, 0.717) is 16.5 Å². The van der Waals surface area contributed by atoms with Crippen LogP contribution in [0.1, 0.15) is 10.5 Å². The molecule has 94 valence electrons. The lowest BCUT2D eigenvalue weighted by Crippen LogP contribution is -2.01. The molecule has 0 aliphatic carbocycles. The maximum absolute atomic E-state index is 11.2. The Bertz CT molecular complexity index is 583. The van der Waals surface area contributed by atoms with Crippen LogP contribution in [-0.2, 0) is 4.74 Å². The normalized spacial score (nSPS) is 10.2. The minimum atomic E-state index is -0.541. The van der Waals surface area contributed by atoms with E-state index in [-0.39, 0.29) is 5.69 Å². The monoisotopic (exact) mass is 267 g/mol. The number of halogens is 1. The van der Waals surface area contributed by atoms with Crippen LogP contribution >= 0.6 is 11.6 Å². The first-order valence-corrected chi connectivity index (χ1v) is 5.38. The van der Waals surface area contributed by atoms with Crippen LogP contribution < -0.4 is 4.74 Å². The maximum Gasteiger partial charge on any atom is 0.360 e. The van der Waals surface area contributed by atoms with Crippen molar-refractivity contribution in [3.63, 3.8) is 0 Å². The first-order valence-electron chi connectivity index (χ1n) is 5.00. The zero-order valence-corrected chi connectivity index (χ0v) is 10.5. The van der Waals surface area contributed by atoms with Crippen molar-refractivity contribution in [1.82, 2.24) is 15.0 Å². The Morgan fingerprint density at radius 2 is 2.17 bits per heavy atom. The molecule has 0 fully saturated rings. The number of aromatic nitrogens is 3. The molecule has 0 radical (unpaired) electrons. The summed E-state index contributed by atoms with van der Waals surface area (Å²) in [6.07, 6.45) is 1.46. The second-order valence-corrected chi connectivity index (χ2v) is 3.77. The average Bonchev–Trinajstić information content (AvgIpc) is 2.87. The van der Waals surface area contributed by atoms with Crippen LogP contribution in [0.15, 0.2) is 24.4 Å². The number of benzene rings is 1. The van der Waals surface area contributed by atoms with Crippen LogP contribution in [0.25, 0.3) is 5.69 Å². The quantitative estimate of drug-likeness (QED) is 0.792. The Hall–Kier alpha value is -2.08. The molecule has 0 amide bonds. The highest BCUT2D eigenvalue weighted by Gasteiger charge is 2.12. The van der Waals surface area contributed by atoms with E-state index in [4.69, 9.17) is 16.3 Å². The predicted molar refractivity (Wildman–Crippen MR) is 64.3 cm³/mol. The summed E-state index contributed by atoms with van der Waals surface area (Å²) in [6.45, 7) is 0. The first kappa shape index (κ1) is 12.4. The van der Waals surface area contributed by atoms with Gasteiger partial charge >= 0.3 is 5.97 Å². The molecule has 0 saturated carbocycles. The minimum Gasteiger partial charge on any atom is -0.495 e. The number of hydrogen-bond donors (Lipinski definition) is 0. The van der Waals surface area contributed by atoms with Crippen LogP contribution in [0.2, 0.25) is 5.02 Å². The van der Waals surface area contributed by atoms with Gasteiger partial charge in [0.15, 0.2) is 5.69 Å². The molecule has 0 unspecified atom stereocenters. The fourth-order valence-electron chi connectivity index (χ4n) is 1.39. The highest BCUT2D eigenvalue weighted by molar-refractivity contribution is 6.32. The molecule has 0 bridgehead atoms. The summed E-state index contributed by atoms with van der Waals surface area (Å²) >= 11 is 6.00.